The Bertz CT molecular complexity index is 939. The number of pyridine rings is 1. The highest BCUT2D eigenvalue weighted by atomic mass is 19.1. The van der Waals surface area contributed by atoms with Crippen molar-refractivity contribution in [2.75, 3.05) is 32.8 Å². The monoisotopic (exact) mass is 412 g/mol. The van der Waals surface area contributed by atoms with Crippen LogP contribution in [0.25, 0.3) is 0 Å². The van der Waals surface area contributed by atoms with Crippen molar-refractivity contribution in [3.05, 3.63) is 59.7 Å². The number of nitrogens with two attached hydrogens (primary N) is 1. The van der Waals surface area contributed by atoms with Crippen molar-refractivity contribution in [1.82, 2.24) is 14.8 Å². The number of likely N-dealkylation sites (tertiary alicyclic amines) is 2. The minimum Gasteiger partial charge on any atom is -0.491 e. The van der Waals surface area contributed by atoms with Crippen LogP contribution in [0.15, 0.2) is 42.6 Å². The first kappa shape index (κ1) is 20.3. The van der Waals surface area contributed by atoms with E-state index in [-0.39, 0.29) is 24.0 Å². The fourth-order valence-electron chi connectivity index (χ4n) is 4.29. The Morgan fingerprint density at radius 2 is 2.07 bits per heavy atom. The van der Waals surface area contributed by atoms with Crippen molar-refractivity contribution < 1.29 is 18.7 Å². The van der Waals surface area contributed by atoms with Gasteiger partial charge in [0.05, 0.1) is 23.2 Å². The smallest absolute Gasteiger partial charge is 0.257 e. The van der Waals surface area contributed by atoms with E-state index in [4.69, 9.17) is 10.5 Å². The normalized spacial score (nSPS) is 20.9. The van der Waals surface area contributed by atoms with Gasteiger partial charge in [-0.1, -0.05) is 6.07 Å². The summed E-state index contributed by atoms with van der Waals surface area (Å²) in [5.74, 6) is -0.468. The predicted molar refractivity (Wildman–Crippen MR) is 108 cm³/mol. The Balaban J connectivity index is 1.47. The average Bonchev–Trinajstić information content (AvgIpc) is 3.33. The summed E-state index contributed by atoms with van der Waals surface area (Å²) in [6.07, 6.45) is 3.01. The van der Waals surface area contributed by atoms with Crippen LogP contribution in [0.3, 0.4) is 0 Å². The van der Waals surface area contributed by atoms with Gasteiger partial charge in [0.1, 0.15) is 18.2 Å². The summed E-state index contributed by atoms with van der Waals surface area (Å²) in [6.45, 7) is 2.42. The number of hydrogen-bond acceptors (Lipinski definition) is 5. The molecule has 2 aromatic rings. The fraction of sp³-hybridized carbons (Fsp3) is 0.409. The Hall–Kier alpha value is -3.00. The number of nitrogens with zero attached hydrogens (tertiary/aromatic N) is 3. The largest absolute Gasteiger partial charge is 0.491 e. The van der Waals surface area contributed by atoms with E-state index in [1.807, 2.05) is 23.1 Å². The van der Waals surface area contributed by atoms with Crippen LogP contribution in [-0.4, -0.2) is 59.4 Å². The second-order valence-corrected chi connectivity index (χ2v) is 7.83. The van der Waals surface area contributed by atoms with Crippen molar-refractivity contribution in [3.8, 4) is 5.75 Å². The summed E-state index contributed by atoms with van der Waals surface area (Å²) in [5.41, 5.74) is 5.91. The zero-order valence-corrected chi connectivity index (χ0v) is 16.7. The molecule has 7 nitrogen and oxygen atoms in total. The molecule has 1 unspecified atom stereocenters. The Morgan fingerprint density at radius 3 is 2.83 bits per heavy atom. The highest BCUT2D eigenvalue weighted by Gasteiger charge is 2.51. The van der Waals surface area contributed by atoms with Crippen LogP contribution in [-0.2, 0) is 11.3 Å². The highest BCUT2D eigenvalue weighted by molar-refractivity contribution is 5.98. The minimum atomic E-state index is -0.573. The maximum absolute atomic E-state index is 13.8. The third-order valence-electron chi connectivity index (χ3n) is 5.87. The van der Waals surface area contributed by atoms with Gasteiger partial charge in [-0.2, -0.15) is 0 Å². The summed E-state index contributed by atoms with van der Waals surface area (Å²) in [6, 6.07) is 9.52. The summed E-state index contributed by atoms with van der Waals surface area (Å²) in [5, 5.41) is 0. The van der Waals surface area contributed by atoms with E-state index in [0.29, 0.717) is 51.3 Å². The molecule has 0 bridgehead atoms. The van der Waals surface area contributed by atoms with Crippen LogP contribution in [0.5, 0.6) is 5.75 Å². The number of rotatable bonds is 6. The van der Waals surface area contributed by atoms with Gasteiger partial charge in [-0.25, -0.2) is 4.39 Å². The van der Waals surface area contributed by atoms with Crippen molar-refractivity contribution in [3.63, 3.8) is 0 Å². The summed E-state index contributed by atoms with van der Waals surface area (Å²) in [7, 11) is 0. The van der Waals surface area contributed by atoms with Gasteiger partial charge >= 0.3 is 0 Å². The highest BCUT2D eigenvalue weighted by Crippen LogP contribution is 2.42. The zero-order valence-electron chi connectivity index (χ0n) is 16.7. The molecule has 3 heterocycles. The van der Waals surface area contributed by atoms with Crippen molar-refractivity contribution in [1.29, 1.82) is 0 Å². The molecular weight excluding hydrogens is 387 g/mol. The average molecular weight is 412 g/mol. The van der Waals surface area contributed by atoms with Gasteiger partial charge in [0, 0.05) is 32.4 Å². The molecule has 2 aliphatic heterocycles. The minimum absolute atomic E-state index is 0.0577. The van der Waals surface area contributed by atoms with Gasteiger partial charge in [0.25, 0.3) is 5.91 Å². The SMILES string of the molecule is NCCOc1ccc(F)cc1C(=O)N1CCC2(CCN(Cc3ccccn3)C2=O)C1. The van der Waals surface area contributed by atoms with Gasteiger partial charge in [0.2, 0.25) is 5.91 Å². The summed E-state index contributed by atoms with van der Waals surface area (Å²) >= 11 is 0. The molecular formula is C22H25FN4O3. The van der Waals surface area contributed by atoms with Gasteiger partial charge in [-0.3, -0.25) is 14.6 Å². The molecule has 1 spiro atoms. The fourth-order valence-corrected chi connectivity index (χ4v) is 4.29. The topological polar surface area (TPSA) is 88.8 Å². The van der Waals surface area contributed by atoms with Crippen LogP contribution in [0, 0.1) is 11.2 Å². The predicted octanol–water partition coefficient (Wildman–Crippen LogP) is 1.82. The van der Waals surface area contributed by atoms with E-state index >= 15 is 0 Å². The molecule has 2 aliphatic rings. The molecule has 2 amide bonds. The number of amides is 2. The third-order valence-corrected chi connectivity index (χ3v) is 5.87. The number of hydrogen-bond donors (Lipinski definition) is 1. The first-order valence-electron chi connectivity index (χ1n) is 10.1. The number of ether oxygens (including phenoxy) is 1. The number of benzene rings is 1. The Labute approximate surface area is 174 Å². The maximum Gasteiger partial charge on any atom is 0.257 e. The van der Waals surface area contributed by atoms with E-state index in [0.717, 1.165) is 5.69 Å². The molecule has 1 atom stereocenters. The lowest BCUT2D eigenvalue weighted by molar-refractivity contribution is -0.135. The number of halogens is 1. The van der Waals surface area contributed by atoms with E-state index in [1.165, 1.54) is 18.2 Å². The van der Waals surface area contributed by atoms with Gasteiger partial charge in [-0.05, 0) is 43.2 Å². The van der Waals surface area contributed by atoms with Crippen LogP contribution < -0.4 is 10.5 Å². The molecule has 2 N–H and O–H groups in total. The van der Waals surface area contributed by atoms with E-state index in [1.54, 1.807) is 11.1 Å². The molecule has 4 rings (SSSR count). The Kier molecular flexibility index (Phi) is 5.67. The Morgan fingerprint density at radius 1 is 1.23 bits per heavy atom. The van der Waals surface area contributed by atoms with Gasteiger partial charge in [-0.15, -0.1) is 0 Å². The molecule has 0 radical (unpaired) electrons. The van der Waals surface area contributed by atoms with Crippen LogP contribution in [0.4, 0.5) is 4.39 Å². The molecule has 1 aromatic heterocycles. The van der Waals surface area contributed by atoms with Crippen molar-refractivity contribution >= 4 is 11.8 Å². The third kappa shape index (κ3) is 3.87. The maximum atomic E-state index is 13.8. The first-order chi connectivity index (χ1) is 14.5. The number of carbonyl (C=O) groups excluding carboxylic acids is 2. The standard InChI is InChI=1S/C22H25FN4O3/c23-16-4-5-19(30-12-8-24)18(13-16)20(28)27-11-7-22(15-27)6-10-26(21(22)29)14-17-3-1-2-9-25-17/h1-5,9,13H,6-8,10-12,14-15,24H2. The van der Waals surface area contributed by atoms with Crippen LogP contribution >= 0.6 is 0 Å². The number of aromatic nitrogens is 1. The molecule has 30 heavy (non-hydrogen) atoms. The molecule has 8 heteroatoms. The molecule has 2 fully saturated rings. The molecule has 1 aromatic carbocycles. The van der Waals surface area contributed by atoms with Crippen LogP contribution in [0.1, 0.15) is 28.9 Å². The molecule has 0 aliphatic carbocycles. The molecule has 0 saturated carbocycles. The molecule has 2 saturated heterocycles. The van der Waals surface area contributed by atoms with E-state index in [2.05, 4.69) is 4.98 Å². The lowest BCUT2D eigenvalue weighted by atomic mass is 9.85. The van der Waals surface area contributed by atoms with Crippen molar-refractivity contribution in [2.45, 2.75) is 19.4 Å². The lowest BCUT2D eigenvalue weighted by Crippen LogP contribution is -2.38. The number of carbonyl (C=O) groups is 2. The summed E-state index contributed by atoms with van der Waals surface area (Å²) < 4.78 is 19.3. The second-order valence-electron chi connectivity index (χ2n) is 7.83. The first-order valence-corrected chi connectivity index (χ1v) is 10.1. The lowest BCUT2D eigenvalue weighted by Gasteiger charge is -2.24. The van der Waals surface area contributed by atoms with Gasteiger partial charge in [0.15, 0.2) is 0 Å². The van der Waals surface area contributed by atoms with Crippen molar-refractivity contribution in [2.24, 2.45) is 11.1 Å². The van der Waals surface area contributed by atoms with E-state index in [9.17, 15) is 14.0 Å². The molecule has 158 valence electrons. The zero-order chi connectivity index (χ0) is 21.1. The second kappa shape index (κ2) is 8.39. The quantitative estimate of drug-likeness (QED) is 0.782. The van der Waals surface area contributed by atoms with Gasteiger partial charge < -0.3 is 20.3 Å². The summed E-state index contributed by atoms with van der Waals surface area (Å²) in [4.78, 5) is 34.0. The van der Waals surface area contributed by atoms with Crippen LogP contribution in [0.2, 0.25) is 0 Å². The van der Waals surface area contributed by atoms with E-state index < -0.39 is 11.2 Å².